The zero-order chi connectivity index (χ0) is 15.7. The van der Waals surface area contributed by atoms with Crippen LogP contribution < -0.4 is 16.0 Å². The van der Waals surface area contributed by atoms with Crippen LogP contribution in [0.3, 0.4) is 0 Å². The summed E-state index contributed by atoms with van der Waals surface area (Å²) in [5.41, 5.74) is 3.39. The van der Waals surface area contributed by atoms with Gasteiger partial charge >= 0.3 is 0 Å². The number of ether oxygens (including phenoxy) is 1. The van der Waals surface area contributed by atoms with E-state index in [1.165, 1.54) is 11.1 Å². The highest BCUT2D eigenvalue weighted by Gasteiger charge is 2.08. The molecule has 0 aromatic heterocycles. The summed E-state index contributed by atoms with van der Waals surface area (Å²) in [5, 5.41) is 17.3. The molecule has 0 saturated heterocycles. The normalized spacial score (nSPS) is 10.0. The Labute approximate surface area is 132 Å². The molecule has 0 fully saturated rings. The van der Waals surface area contributed by atoms with Gasteiger partial charge in [0.2, 0.25) is 0 Å². The van der Waals surface area contributed by atoms with Crippen molar-refractivity contribution in [2.24, 2.45) is 0 Å². The lowest BCUT2D eigenvalue weighted by molar-refractivity contribution is 0.204. The van der Waals surface area contributed by atoms with Crippen molar-refractivity contribution in [3.63, 3.8) is 0 Å². The topological polar surface area (TPSA) is 69.2 Å². The van der Waals surface area contributed by atoms with Crippen molar-refractivity contribution >= 4 is 29.0 Å². The van der Waals surface area contributed by atoms with Crippen molar-refractivity contribution in [2.75, 3.05) is 25.6 Å². The van der Waals surface area contributed by atoms with Gasteiger partial charge < -0.3 is 20.7 Å². The van der Waals surface area contributed by atoms with Gasteiger partial charge in [0.25, 0.3) is 0 Å². The van der Waals surface area contributed by atoms with Gasteiger partial charge in [-0.15, -0.1) is 0 Å². The van der Waals surface area contributed by atoms with E-state index in [4.69, 9.17) is 22.4 Å². The Bertz CT molecular complexity index is 468. The summed E-state index contributed by atoms with van der Waals surface area (Å²) in [7, 11) is 1.63. The Kier molecular flexibility index (Phi) is 7.71. The summed E-state index contributed by atoms with van der Waals surface area (Å²) in [6, 6.07) is 6.20. The fourth-order valence-corrected chi connectivity index (χ4v) is 2.19. The van der Waals surface area contributed by atoms with Crippen LogP contribution in [0.4, 0.5) is 5.69 Å². The molecule has 0 aliphatic carbocycles. The first-order chi connectivity index (χ1) is 10.1. The van der Waals surface area contributed by atoms with Gasteiger partial charge in [0.15, 0.2) is 11.1 Å². The highest BCUT2D eigenvalue weighted by Crippen LogP contribution is 2.22. The monoisotopic (exact) mass is 308 g/mol. The number of anilines is 1. The fraction of sp³-hybridized carbons (Fsp3) is 0.467. The van der Waals surface area contributed by atoms with Crippen LogP contribution in [0.2, 0.25) is 0 Å². The molecule has 0 aliphatic heterocycles. The molecule has 0 radical (unpaired) electrons. The SMILES string of the molecule is CCc1cccc(CC)c1NC(=N)NC(=S)NCCOC. The smallest absolute Gasteiger partial charge is 0.199 e. The average Bonchev–Trinajstić information content (AvgIpc) is 2.47. The second-order valence-electron chi connectivity index (χ2n) is 4.53. The highest BCUT2D eigenvalue weighted by atomic mass is 32.1. The summed E-state index contributed by atoms with van der Waals surface area (Å²) in [6.07, 6.45) is 1.83. The van der Waals surface area contributed by atoms with E-state index >= 15 is 0 Å². The van der Waals surface area contributed by atoms with E-state index < -0.39 is 0 Å². The molecule has 6 heteroatoms. The maximum Gasteiger partial charge on any atom is 0.199 e. The van der Waals surface area contributed by atoms with Gasteiger partial charge in [-0.3, -0.25) is 5.41 Å². The Balaban J connectivity index is 2.64. The molecule has 0 aliphatic rings. The molecule has 4 N–H and O–H groups in total. The largest absolute Gasteiger partial charge is 0.383 e. The van der Waals surface area contributed by atoms with Crippen LogP contribution in [0.25, 0.3) is 0 Å². The number of para-hydroxylation sites is 1. The minimum absolute atomic E-state index is 0.167. The number of nitrogens with one attached hydrogen (secondary N) is 4. The quantitative estimate of drug-likeness (QED) is 0.281. The minimum Gasteiger partial charge on any atom is -0.383 e. The molecule has 116 valence electrons. The molecule has 21 heavy (non-hydrogen) atoms. The predicted molar refractivity (Wildman–Crippen MR) is 92.2 cm³/mol. The van der Waals surface area contributed by atoms with Crippen molar-refractivity contribution < 1.29 is 4.74 Å². The van der Waals surface area contributed by atoms with Gasteiger partial charge in [0, 0.05) is 19.3 Å². The maximum atomic E-state index is 8.00. The van der Waals surface area contributed by atoms with Crippen LogP contribution >= 0.6 is 12.2 Å². The van der Waals surface area contributed by atoms with E-state index in [-0.39, 0.29) is 5.96 Å². The molecule has 1 aromatic rings. The summed E-state index contributed by atoms with van der Waals surface area (Å²) < 4.78 is 4.93. The van der Waals surface area contributed by atoms with Crippen molar-refractivity contribution in [3.8, 4) is 0 Å². The van der Waals surface area contributed by atoms with Crippen molar-refractivity contribution in [2.45, 2.75) is 26.7 Å². The molecule has 0 atom stereocenters. The molecule has 5 nitrogen and oxygen atoms in total. The van der Waals surface area contributed by atoms with E-state index in [2.05, 4.69) is 48.0 Å². The van der Waals surface area contributed by atoms with E-state index in [1.807, 2.05) is 0 Å². The number of hydrogen-bond donors (Lipinski definition) is 4. The van der Waals surface area contributed by atoms with Gasteiger partial charge in [-0.25, -0.2) is 0 Å². The third-order valence-electron chi connectivity index (χ3n) is 3.08. The predicted octanol–water partition coefficient (Wildman–Crippen LogP) is 2.27. The molecule has 1 aromatic carbocycles. The van der Waals surface area contributed by atoms with Gasteiger partial charge in [-0.05, 0) is 36.2 Å². The van der Waals surface area contributed by atoms with Crippen LogP contribution in [-0.4, -0.2) is 31.3 Å². The van der Waals surface area contributed by atoms with Crippen molar-refractivity contribution in [1.82, 2.24) is 10.6 Å². The third kappa shape index (κ3) is 5.69. The molecule has 0 spiro atoms. The minimum atomic E-state index is 0.167. The van der Waals surface area contributed by atoms with Gasteiger partial charge in [0.1, 0.15) is 0 Å². The second-order valence-corrected chi connectivity index (χ2v) is 4.94. The first-order valence-corrected chi connectivity index (χ1v) is 7.53. The zero-order valence-electron chi connectivity index (χ0n) is 12.9. The number of rotatable bonds is 6. The van der Waals surface area contributed by atoms with Gasteiger partial charge in [-0.2, -0.15) is 0 Å². The van der Waals surface area contributed by atoms with Crippen LogP contribution in [0.5, 0.6) is 0 Å². The van der Waals surface area contributed by atoms with E-state index in [0.717, 1.165) is 18.5 Å². The summed E-state index contributed by atoms with van der Waals surface area (Å²) in [5.74, 6) is 0.167. The zero-order valence-corrected chi connectivity index (χ0v) is 13.7. The molecule has 0 unspecified atom stereocenters. The lowest BCUT2D eigenvalue weighted by atomic mass is 10.0. The van der Waals surface area contributed by atoms with E-state index in [0.29, 0.717) is 18.3 Å². The molecule has 0 saturated carbocycles. The molecule has 1 rings (SSSR count). The average molecular weight is 308 g/mol. The van der Waals surface area contributed by atoms with Crippen LogP contribution in [-0.2, 0) is 17.6 Å². The lowest BCUT2D eigenvalue weighted by Crippen LogP contribution is -2.43. The highest BCUT2D eigenvalue weighted by molar-refractivity contribution is 7.80. The van der Waals surface area contributed by atoms with Gasteiger partial charge in [-0.1, -0.05) is 32.0 Å². The molecule has 0 bridgehead atoms. The number of aryl methyl sites for hydroxylation is 2. The lowest BCUT2D eigenvalue weighted by Gasteiger charge is -2.17. The second kappa shape index (κ2) is 9.31. The molecule has 0 amide bonds. The summed E-state index contributed by atoms with van der Waals surface area (Å²) in [4.78, 5) is 0. The summed E-state index contributed by atoms with van der Waals surface area (Å²) in [6.45, 7) is 5.39. The van der Waals surface area contributed by atoms with Crippen molar-refractivity contribution in [3.05, 3.63) is 29.3 Å². The van der Waals surface area contributed by atoms with E-state index in [9.17, 15) is 0 Å². The third-order valence-corrected chi connectivity index (χ3v) is 3.33. The van der Waals surface area contributed by atoms with Crippen LogP contribution in [0, 0.1) is 5.41 Å². The number of thiocarbonyl (C=S) groups is 1. The molecular weight excluding hydrogens is 284 g/mol. The first kappa shape index (κ1) is 17.4. The number of benzene rings is 1. The Hall–Kier alpha value is -1.66. The summed E-state index contributed by atoms with van der Waals surface area (Å²) >= 11 is 5.12. The molecule has 0 heterocycles. The van der Waals surface area contributed by atoms with Crippen LogP contribution in [0.1, 0.15) is 25.0 Å². The fourth-order valence-electron chi connectivity index (χ4n) is 1.98. The van der Waals surface area contributed by atoms with Gasteiger partial charge in [0.05, 0.1) is 6.61 Å². The maximum absolute atomic E-state index is 8.00. The van der Waals surface area contributed by atoms with E-state index in [1.54, 1.807) is 7.11 Å². The Morgan fingerprint density at radius 2 is 1.86 bits per heavy atom. The first-order valence-electron chi connectivity index (χ1n) is 7.12. The number of hydrogen-bond acceptors (Lipinski definition) is 3. The Morgan fingerprint density at radius 3 is 2.38 bits per heavy atom. The number of guanidine groups is 1. The van der Waals surface area contributed by atoms with Crippen LogP contribution in [0.15, 0.2) is 18.2 Å². The van der Waals surface area contributed by atoms with Crippen molar-refractivity contribution in [1.29, 1.82) is 5.41 Å². The standard InChI is InChI=1S/C15H24N4OS/c1-4-11-7-6-8-12(5-2)13(11)18-14(16)19-15(21)17-9-10-20-3/h6-8H,4-5,9-10H2,1-3H3,(H4,16,17,18,19,21). The Morgan fingerprint density at radius 1 is 1.24 bits per heavy atom. The number of methoxy groups -OCH3 is 1. The molecular formula is C15H24N4OS.